The lowest BCUT2D eigenvalue weighted by atomic mass is 10.1. The number of aliphatic hydroxyl groups excluding tert-OH is 1. The molecule has 0 saturated carbocycles. The highest BCUT2D eigenvalue weighted by Gasteiger charge is 2.16. The molecule has 16 heavy (non-hydrogen) atoms. The van der Waals surface area contributed by atoms with Gasteiger partial charge in [-0.1, -0.05) is 37.3 Å². The minimum atomic E-state index is -1.48. The Kier molecular flexibility index (Phi) is 4.95. The molecule has 2 N–H and O–H groups in total. The van der Waals surface area contributed by atoms with Crippen molar-refractivity contribution in [3.05, 3.63) is 35.9 Å². The van der Waals surface area contributed by atoms with E-state index in [2.05, 4.69) is 0 Å². The van der Waals surface area contributed by atoms with Gasteiger partial charge < -0.3 is 14.9 Å². The van der Waals surface area contributed by atoms with Gasteiger partial charge in [0.15, 0.2) is 6.29 Å². The van der Waals surface area contributed by atoms with E-state index in [4.69, 9.17) is 14.9 Å². The van der Waals surface area contributed by atoms with E-state index in [9.17, 15) is 4.79 Å². The second-order valence-corrected chi connectivity index (χ2v) is 3.74. The van der Waals surface area contributed by atoms with Gasteiger partial charge in [-0.2, -0.15) is 0 Å². The van der Waals surface area contributed by atoms with Gasteiger partial charge in [-0.25, -0.2) is 0 Å². The SMILES string of the molecule is C[C@H](CC(=O)OCc1ccccc1)C(O)O. The highest BCUT2D eigenvalue weighted by atomic mass is 16.5. The number of esters is 1. The van der Waals surface area contributed by atoms with Crippen molar-refractivity contribution in [2.45, 2.75) is 26.2 Å². The van der Waals surface area contributed by atoms with E-state index in [1.54, 1.807) is 6.92 Å². The molecule has 0 heterocycles. The predicted octanol–water partition coefficient (Wildman–Crippen LogP) is 1.07. The summed E-state index contributed by atoms with van der Waals surface area (Å²) < 4.78 is 4.99. The van der Waals surface area contributed by atoms with Crippen LogP contribution in [0.5, 0.6) is 0 Å². The molecule has 4 nitrogen and oxygen atoms in total. The van der Waals surface area contributed by atoms with Crippen LogP contribution in [0.4, 0.5) is 0 Å². The topological polar surface area (TPSA) is 66.8 Å². The third kappa shape index (κ3) is 4.42. The molecule has 0 spiro atoms. The van der Waals surface area contributed by atoms with E-state index in [1.807, 2.05) is 30.3 Å². The number of benzene rings is 1. The first-order valence-electron chi connectivity index (χ1n) is 5.15. The van der Waals surface area contributed by atoms with E-state index in [0.717, 1.165) is 5.56 Å². The normalized spacial score (nSPS) is 12.5. The number of carbonyl (C=O) groups is 1. The molecule has 0 aliphatic heterocycles. The Bertz CT molecular complexity index is 321. The molecule has 0 aliphatic rings. The molecular weight excluding hydrogens is 208 g/mol. The van der Waals surface area contributed by atoms with Gasteiger partial charge in [0.05, 0.1) is 6.42 Å². The first kappa shape index (κ1) is 12.7. The molecule has 0 unspecified atom stereocenters. The van der Waals surface area contributed by atoms with Gasteiger partial charge in [0.2, 0.25) is 0 Å². The van der Waals surface area contributed by atoms with Crippen LogP contribution < -0.4 is 0 Å². The smallest absolute Gasteiger partial charge is 0.306 e. The van der Waals surface area contributed by atoms with E-state index < -0.39 is 18.2 Å². The fraction of sp³-hybridized carbons (Fsp3) is 0.417. The van der Waals surface area contributed by atoms with Gasteiger partial charge >= 0.3 is 5.97 Å². The Morgan fingerprint density at radius 2 is 1.94 bits per heavy atom. The third-order valence-corrected chi connectivity index (χ3v) is 2.24. The monoisotopic (exact) mass is 224 g/mol. The van der Waals surface area contributed by atoms with Crippen molar-refractivity contribution in [3.63, 3.8) is 0 Å². The van der Waals surface area contributed by atoms with E-state index in [-0.39, 0.29) is 13.0 Å². The Balaban J connectivity index is 2.31. The molecule has 0 saturated heterocycles. The fourth-order valence-corrected chi connectivity index (χ4v) is 1.17. The van der Waals surface area contributed by atoms with Crippen LogP contribution in [0, 0.1) is 5.92 Å². The summed E-state index contributed by atoms with van der Waals surface area (Å²) in [6.45, 7) is 1.79. The van der Waals surface area contributed by atoms with Crippen LogP contribution in [-0.4, -0.2) is 22.5 Å². The maximum Gasteiger partial charge on any atom is 0.306 e. The lowest BCUT2D eigenvalue weighted by Gasteiger charge is -2.12. The first-order chi connectivity index (χ1) is 7.59. The summed E-state index contributed by atoms with van der Waals surface area (Å²) in [6, 6.07) is 9.33. The molecule has 88 valence electrons. The zero-order valence-corrected chi connectivity index (χ0v) is 9.17. The number of hydrogen-bond donors (Lipinski definition) is 2. The van der Waals surface area contributed by atoms with Gasteiger partial charge in [0, 0.05) is 5.92 Å². The fourth-order valence-electron chi connectivity index (χ4n) is 1.17. The predicted molar refractivity (Wildman–Crippen MR) is 58.2 cm³/mol. The Morgan fingerprint density at radius 1 is 1.31 bits per heavy atom. The van der Waals surface area contributed by atoms with Crippen molar-refractivity contribution in [1.82, 2.24) is 0 Å². The highest BCUT2D eigenvalue weighted by Crippen LogP contribution is 2.08. The number of aliphatic hydroxyl groups is 2. The van der Waals surface area contributed by atoms with Gasteiger partial charge in [-0.3, -0.25) is 4.79 Å². The molecule has 0 amide bonds. The number of ether oxygens (including phenoxy) is 1. The van der Waals surface area contributed by atoms with Gasteiger partial charge in [-0.15, -0.1) is 0 Å². The highest BCUT2D eigenvalue weighted by molar-refractivity contribution is 5.69. The molecule has 0 bridgehead atoms. The molecule has 4 heteroatoms. The van der Waals surface area contributed by atoms with E-state index in [1.165, 1.54) is 0 Å². The number of rotatable bonds is 5. The third-order valence-electron chi connectivity index (χ3n) is 2.24. The van der Waals surface area contributed by atoms with Crippen LogP contribution in [-0.2, 0) is 16.1 Å². The first-order valence-corrected chi connectivity index (χ1v) is 5.15. The number of carbonyl (C=O) groups excluding carboxylic acids is 1. The Labute approximate surface area is 94.5 Å². The summed E-state index contributed by atoms with van der Waals surface area (Å²) in [6.07, 6.45) is -1.48. The molecule has 1 aromatic rings. The second kappa shape index (κ2) is 6.25. The lowest BCUT2D eigenvalue weighted by Crippen LogP contribution is -2.20. The summed E-state index contributed by atoms with van der Waals surface area (Å²) in [7, 11) is 0. The summed E-state index contributed by atoms with van der Waals surface area (Å²) in [5.74, 6) is -0.937. The quantitative estimate of drug-likeness (QED) is 0.580. The molecule has 0 radical (unpaired) electrons. The minimum Gasteiger partial charge on any atom is -0.461 e. The molecular formula is C12H16O4. The van der Waals surface area contributed by atoms with Crippen molar-refractivity contribution in [2.24, 2.45) is 5.92 Å². The molecule has 1 aromatic carbocycles. The molecule has 0 fully saturated rings. The van der Waals surface area contributed by atoms with Gasteiger partial charge in [0.1, 0.15) is 6.61 Å². The maximum absolute atomic E-state index is 11.3. The zero-order chi connectivity index (χ0) is 12.0. The summed E-state index contributed by atoms with van der Waals surface area (Å²) >= 11 is 0. The van der Waals surface area contributed by atoms with Crippen LogP contribution in [0.25, 0.3) is 0 Å². The van der Waals surface area contributed by atoms with Crippen molar-refractivity contribution in [2.75, 3.05) is 0 Å². The second-order valence-electron chi connectivity index (χ2n) is 3.74. The van der Waals surface area contributed by atoms with Crippen LogP contribution >= 0.6 is 0 Å². The molecule has 1 rings (SSSR count). The van der Waals surface area contributed by atoms with E-state index >= 15 is 0 Å². The summed E-state index contributed by atoms with van der Waals surface area (Å²) in [5, 5.41) is 17.6. The van der Waals surface area contributed by atoms with Crippen molar-refractivity contribution < 1.29 is 19.7 Å². The van der Waals surface area contributed by atoms with Crippen molar-refractivity contribution in [3.8, 4) is 0 Å². The summed E-state index contributed by atoms with van der Waals surface area (Å²) in [5.41, 5.74) is 0.910. The van der Waals surface area contributed by atoms with Crippen LogP contribution in [0.3, 0.4) is 0 Å². The summed E-state index contributed by atoms with van der Waals surface area (Å²) in [4.78, 5) is 11.3. The molecule has 0 aromatic heterocycles. The average Bonchev–Trinajstić information content (AvgIpc) is 2.27. The number of hydrogen-bond acceptors (Lipinski definition) is 4. The van der Waals surface area contributed by atoms with Crippen LogP contribution in [0.2, 0.25) is 0 Å². The molecule has 1 atom stereocenters. The maximum atomic E-state index is 11.3. The van der Waals surface area contributed by atoms with Gasteiger partial charge in [-0.05, 0) is 5.56 Å². The minimum absolute atomic E-state index is 0.00446. The Morgan fingerprint density at radius 3 is 2.50 bits per heavy atom. The lowest BCUT2D eigenvalue weighted by molar-refractivity contribution is -0.151. The largest absolute Gasteiger partial charge is 0.461 e. The van der Waals surface area contributed by atoms with Crippen molar-refractivity contribution in [1.29, 1.82) is 0 Å². The Hall–Kier alpha value is -1.39. The molecule has 0 aliphatic carbocycles. The zero-order valence-electron chi connectivity index (χ0n) is 9.17. The van der Waals surface area contributed by atoms with Crippen LogP contribution in [0.15, 0.2) is 30.3 Å². The van der Waals surface area contributed by atoms with Crippen molar-refractivity contribution >= 4 is 5.97 Å². The van der Waals surface area contributed by atoms with E-state index in [0.29, 0.717) is 0 Å². The van der Waals surface area contributed by atoms with Gasteiger partial charge in [0.25, 0.3) is 0 Å². The van der Waals surface area contributed by atoms with Crippen LogP contribution in [0.1, 0.15) is 18.9 Å². The standard InChI is InChI=1S/C12H16O4/c1-9(12(14)15)7-11(13)16-8-10-5-3-2-4-6-10/h2-6,9,12,14-15H,7-8H2,1H3/t9-/m1/s1. The average molecular weight is 224 g/mol.